The lowest BCUT2D eigenvalue weighted by molar-refractivity contribution is -0.116. The second-order valence-electron chi connectivity index (χ2n) is 11.8. The number of nitrogens with one attached hydrogen (secondary N) is 1. The number of piperidine rings is 1. The molecule has 3 unspecified atom stereocenters. The molecule has 0 radical (unpaired) electrons. The Morgan fingerprint density at radius 2 is 1.78 bits per heavy atom. The summed E-state index contributed by atoms with van der Waals surface area (Å²) in [6, 6.07) is 21.6. The Morgan fingerprint density at radius 3 is 2.54 bits per heavy atom. The molecule has 10 heteroatoms. The van der Waals surface area contributed by atoms with Gasteiger partial charge >= 0.3 is 6.09 Å². The number of carbonyl (C=O) groups is 2. The maximum Gasteiger partial charge on any atom is 0.407 e. The zero-order valence-electron chi connectivity index (χ0n) is 26.3. The molecule has 9 nitrogen and oxygen atoms in total. The van der Waals surface area contributed by atoms with Crippen molar-refractivity contribution < 1.29 is 33.6 Å². The average Bonchev–Trinajstić information content (AvgIpc) is 3.06. The fraction of sp³-hybridized carbons (Fsp3) is 0.444. The number of nitrogens with zero attached hydrogens (tertiary/aromatic N) is 1. The number of carboxylic acid groups (broad SMARTS) is 1. The first-order valence-electron chi connectivity index (χ1n) is 16.1. The van der Waals surface area contributed by atoms with E-state index in [9.17, 15) is 14.7 Å². The van der Waals surface area contributed by atoms with Crippen molar-refractivity contribution in [2.45, 2.75) is 63.1 Å². The Hall–Kier alpha value is -3.79. The third-order valence-electron chi connectivity index (χ3n) is 8.59. The van der Waals surface area contributed by atoms with Crippen LogP contribution in [0.15, 0.2) is 66.7 Å². The number of amides is 2. The van der Waals surface area contributed by atoms with Gasteiger partial charge in [-0.05, 0) is 85.5 Å². The fourth-order valence-corrected chi connectivity index (χ4v) is 6.28. The van der Waals surface area contributed by atoms with E-state index in [4.69, 9.17) is 30.5 Å². The van der Waals surface area contributed by atoms with Crippen LogP contribution in [0, 0.1) is 0 Å². The van der Waals surface area contributed by atoms with Crippen molar-refractivity contribution in [3.8, 4) is 11.5 Å². The minimum atomic E-state index is -0.944. The molecule has 2 aliphatic heterocycles. The normalized spacial score (nSPS) is 18.4. The average molecular weight is 651 g/mol. The predicted octanol–water partition coefficient (Wildman–Crippen LogP) is 7.48. The van der Waals surface area contributed by atoms with E-state index >= 15 is 0 Å². The van der Waals surface area contributed by atoms with Crippen LogP contribution >= 0.6 is 11.6 Å². The van der Waals surface area contributed by atoms with Gasteiger partial charge in [0.05, 0.1) is 37.0 Å². The molecule has 1 saturated heterocycles. The maximum absolute atomic E-state index is 12.1. The lowest BCUT2D eigenvalue weighted by Crippen LogP contribution is -2.46. The van der Waals surface area contributed by atoms with Crippen LogP contribution in [0.5, 0.6) is 11.5 Å². The minimum Gasteiger partial charge on any atom is -0.494 e. The Bertz CT molecular complexity index is 1450. The summed E-state index contributed by atoms with van der Waals surface area (Å²) in [5, 5.41) is 13.4. The summed E-state index contributed by atoms with van der Waals surface area (Å²) in [4.78, 5) is 25.5. The number of aryl methyl sites for hydroxylation is 1. The number of fused-ring (bicyclic) bond motifs is 1. The summed E-state index contributed by atoms with van der Waals surface area (Å²) in [6.45, 7) is 2.44. The maximum atomic E-state index is 12.1. The topological polar surface area (TPSA) is 107 Å². The smallest absolute Gasteiger partial charge is 0.407 e. The van der Waals surface area contributed by atoms with Crippen molar-refractivity contribution in [3.63, 3.8) is 0 Å². The molecule has 46 heavy (non-hydrogen) atoms. The third kappa shape index (κ3) is 9.15. The molecule has 0 saturated carbocycles. The molecule has 0 aromatic heterocycles. The number of unbranched alkanes of at least 4 members (excludes halogenated alkanes) is 1. The Labute approximate surface area is 275 Å². The Kier molecular flexibility index (Phi) is 12.2. The SMILES string of the molecule is COCCCC(OC1CN(C(=O)O)CCC1c1ccc(OCCCCOc2ccccc2Cl)cc1)c1ccc2c(c1)NC(=O)CC2. The van der Waals surface area contributed by atoms with Crippen LogP contribution in [0.25, 0.3) is 0 Å². The van der Waals surface area contributed by atoms with E-state index < -0.39 is 6.09 Å². The van der Waals surface area contributed by atoms with Crippen LogP contribution < -0.4 is 14.8 Å². The molecule has 2 amide bonds. The highest BCUT2D eigenvalue weighted by molar-refractivity contribution is 6.32. The summed E-state index contributed by atoms with van der Waals surface area (Å²) in [5.41, 5.74) is 3.98. The quantitative estimate of drug-likeness (QED) is 0.164. The Morgan fingerprint density at radius 1 is 1.00 bits per heavy atom. The van der Waals surface area contributed by atoms with Gasteiger partial charge in [-0.25, -0.2) is 4.79 Å². The van der Waals surface area contributed by atoms with Gasteiger partial charge in [-0.3, -0.25) is 4.79 Å². The van der Waals surface area contributed by atoms with Gasteiger partial charge < -0.3 is 34.3 Å². The molecular weight excluding hydrogens is 608 g/mol. The predicted molar refractivity (Wildman–Crippen MR) is 177 cm³/mol. The van der Waals surface area contributed by atoms with Crippen molar-refractivity contribution in [2.75, 3.05) is 45.3 Å². The fourth-order valence-electron chi connectivity index (χ4n) is 6.09. The minimum absolute atomic E-state index is 0.00821. The van der Waals surface area contributed by atoms with Gasteiger partial charge in [0.2, 0.25) is 5.91 Å². The molecule has 3 atom stereocenters. The first-order chi connectivity index (χ1) is 22.4. The standard InChI is InChI=1S/C36H43ClN2O7/c1-43-20-6-9-32(27-11-10-26-14-17-35(40)38-31(26)23-27)46-34-24-39(36(41)42)19-18-29(34)25-12-15-28(16-13-25)44-21-4-5-22-45-33-8-3-2-7-30(33)37/h2-3,7-8,10-13,15-16,23,29,32,34H,4-6,9,14,17-22,24H2,1H3,(H,38,40)(H,41,42). The molecule has 2 N–H and O–H groups in total. The van der Waals surface area contributed by atoms with E-state index in [2.05, 4.69) is 29.6 Å². The van der Waals surface area contributed by atoms with Gasteiger partial charge in [0.25, 0.3) is 0 Å². The number of likely N-dealkylation sites (tertiary alicyclic amines) is 1. The lowest BCUT2D eigenvalue weighted by atomic mass is 9.86. The second-order valence-corrected chi connectivity index (χ2v) is 12.2. The van der Waals surface area contributed by atoms with Crippen LogP contribution in [-0.2, 0) is 20.7 Å². The highest BCUT2D eigenvalue weighted by Gasteiger charge is 2.35. The molecule has 0 bridgehead atoms. The summed E-state index contributed by atoms with van der Waals surface area (Å²) >= 11 is 6.15. The number of hydrogen-bond acceptors (Lipinski definition) is 6. The largest absolute Gasteiger partial charge is 0.494 e. The van der Waals surface area contributed by atoms with Crippen molar-refractivity contribution in [2.24, 2.45) is 0 Å². The van der Waals surface area contributed by atoms with E-state index in [1.54, 1.807) is 7.11 Å². The summed E-state index contributed by atoms with van der Waals surface area (Å²) in [7, 11) is 1.68. The first-order valence-corrected chi connectivity index (χ1v) is 16.4. The molecule has 0 aliphatic carbocycles. The lowest BCUT2D eigenvalue weighted by Gasteiger charge is -2.39. The third-order valence-corrected chi connectivity index (χ3v) is 8.91. The summed E-state index contributed by atoms with van der Waals surface area (Å²) in [6.07, 6.45) is 3.42. The van der Waals surface area contributed by atoms with Gasteiger partial charge in [0.15, 0.2) is 0 Å². The van der Waals surface area contributed by atoms with E-state index in [-0.39, 0.29) is 30.6 Å². The van der Waals surface area contributed by atoms with Crippen molar-refractivity contribution in [1.29, 1.82) is 0 Å². The molecule has 1 fully saturated rings. The van der Waals surface area contributed by atoms with Crippen molar-refractivity contribution in [3.05, 3.63) is 88.4 Å². The van der Waals surface area contributed by atoms with E-state index in [1.807, 2.05) is 42.5 Å². The van der Waals surface area contributed by atoms with Gasteiger partial charge in [-0.2, -0.15) is 0 Å². The molecule has 5 rings (SSSR count). The van der Waals surface area contributed by atoms with Crippen LogP contribution in [0.3, 0.4) is 0 Å². The zero-order valence-corrected chi connectivity index (χ0v) is 27.0. The molecule has 3 aromatic carbocycles. The number of halogens is 1. The van der Waals surface area contributed by atoms with E-state index in [0.717, 1.165) is 47.4 Å². The zero-order chi connectivity index (χ0) is 32.3. The highest BCUT2D eigenvalue weighted by atomic mass is 35.5. The number of ether oxygens (including phenoxy) is 4. The van der Waals surface area contributed by atoms with Crippen LogP contribution in [-0.4, -0.2) is 68.1 Å². The summed E-state index contributed by atoms with van der Waals surface area (Å²) < 4.78 is 23.9. The molecule has 0 spiro atoms. The number of carbonyl (C=O) groups excluding carboxylic acids is 1. The van der Waals surface area contributed by atoms with Crippen molar-refractivity contribution >= 4 is 29.3 Å². The summed E-state index contributed by atoms with van der Waals surface area (Å²) in [5.74, 6) is 1.49. The number of para-hydroxylation sites is 1. The molecule has 2 heterocycles. The molecule has 3 aromatic rings. The van der Waals surface area contributed by atoms with E-state index in [0.29, 0.717) is 62.8 Å². The van der Waals surface area contributed by atoms with Crippen LogP contribution in [0.1, 0.15) is 67.2 Å². The van der Waals surface area contributed by atoms with Gasteiger partial charge in [0, 0.05) is 38.3 Å². The second kappa shape index (κ2) is 16.7. The number of hydrogen-bond donors (Lipinski definition) is 2. The van der Waals surface area contributed by atoms with Gasteiger partial charge in [-0.15, -0.1) is 0 Å². The number of rotatable bonds is 15. The molecular formula is C36H43ClN2O7. The highest BCUT2D eigenvalue weighted by Crippen LogP contribution is 2.37. The monoisotopic (exact) mass is 650 g/mol. The van der Waals surface area contributed by atoms with Gasteiger partial charge in [-0.1, -0.05) is 48.0 Å². The van der Waals surface area contributed by atoms with Crippen LogP contribution in [0.4, 0.5) is 10.5 Å². The van der Waals surface area contributed by atoms with Crippen LogP contribution in [0.2, 0.25) is 5.02 Å². The number of anilines is 1. The van der Waals surface area contributed by atoms with Crippen molar-refractivity contribution in [1.82, 2.24) is 4.90 Å². The number of methoxy groups -OCH3 is 1. The number of benzene rings is 3. The Balaban J connectivity index is 1.22. The molecule has 246 valence electrons. The van der Waals surface area contributed by atoms with E-state index in [1.165, 1.54) is 4.90 Å². The molecule has 2 aliphatic rings. The first kappa shape index (κ1) is 33.6. The van der Waals surface area contributed by atoms with Gasteiger partial charge in [0.1, 0.15) is 11.5 Å².